The van der Waals surface area contributed by atoms with Gasteiger partial charge >= 0.3 is 0 Å². The van der Waals surface area contributed by atoms with Crippen molar-refractivity contribution < 1.29 is 0 Å². The molecule has 0 aliphatic carbocycles. The Bertz CT molecular complexity index is 1210. The van der Waals surface area contributed by atoms with Gasteiger partial charge < -0.3 is 0 Å². The minimum absolute atomic E-state index is 0.163. The van der Waals surface area contributed by atoms with Gasteiger partial charge in [-0.1, -0.05) is 65.7 Å². The number of aromatic nitrogens is 2. The Balaban J connectivity index is 1.95. The zero-order valence-corrected chi connectivity index (χ0v) is 15.7. The number of fused-ring (bicyclic) bond motifs is 1. The van der Waals surface area contributed by atoms with E-state index >= 15 is 0 Å². The molecule has 0 amide bonds. The van der Waals surface area contributed by atoms with Crippen molar-refractivity contribution in [3.63, 3.8) is 0 Å². The van der Waals surface area contributed by atoms with Gasteiger partial charge in [-0.15, -0.1) is 0 Å². The van der Waals surface area contributed by atoms with E-state index in [0.29, 0.717) is 32.5 Å². The Morgan fingerprint density at radius 2 is 1.52 bits per heavy atom. The van der Waals surface area contributed by atoms with E-state index in [1.807, 2.05) is 60.7 Å². The Morgan fingerprint density at radius 3 is 2.30 bits per heavy atom. The molecular formula is C22H14Cl2N2O. The van der Waals surface area contributed by atoms with Gasteiger partial charge in [0.1, 0.15) is 5.82 Å². The highest BCUT2D eigenvalue weighted by molar-refractivity contribution is 6.32. The lowest BCUT2D eigenvalue weighted by atomic mass is 10.2. The van der Waals surface area contributed by atoms with E-state index in [0.717, 1.165) is 5.56 Å². The summed E-state index contributed by atoms with van der Waals surface area (Å²) < 4.78 is 1.54. The number of halogens is 2. The smallest absolute Gasteiger partial charge is 0.266 e. The average Bonchev–Trinajstić information content (AvgIpc) is 2.69. The average molecular weight is 393 g/mol. The van der Waals surface area contributed by atoms with Crippen LogP contribution >= 0.6 is 23.2 Å². The van der Waals surface area contributed by atoms with Crippen molar-refractivity contribution in [1.82, 2.24) is 9.55 Å². The Kier molecular flexibility index (Phi) is 4.80. The molecule has 0 saturated heterocycles. The molecule has 132 valence electrons. The summed E-state index contributed by atoms with van der Waals surface area (Å²) in [5.74, 6) is 0.502. The predicted molar refractivity (Wildman–Crippen MR) is 113 cm³/mol. The highest BCUT2D eigenvalue weighted by Crippen LogP contribution is 2.22. The first kappa shape index (κ1) is 17.5. The molecule has 1 heterocycles. The van der Waals surface area contributed by atoms with Crippen molar-refractivity contribution in [3.05, 3.63) is 105 Å². The lowest BCUT2D eigenvalue weighted by molar-refractivity contribution is 0.944. The molecule has 3 nitrogen and oxygen atoms in total. The predicted octanol–water partition coefficient (Wildman–Crippen LogP) is 5.86. The fraction of sp³-hybridized carbons (Fsp3) is 0. The summed E-state index contributed by atoms with van der Waals surface area (Å²) in [4.78, 5) is 17.8. The number of benzene rings is 3. The molecule has 0 radical (unpaired) electrons. The maximum atomic E-state index is 13.2. The Hall–Kier alpha value is -2.88. The van der Waals surface area contributed by atoms with Crippen molar-refractivity contribution in [2.75, 3.05) is 0 Å². The number of rotatable bonds is 3. The van der Waals surface area contributed by atoms with Crippen molar-refractivity contribution in [1.29, 1.82) is 0 Å². The van der Waals surface area contributed by atoms with Gasteiger partial charge in [-0.05, 0) is 48.0 Å². The van der Waals surface area contributed by atoms with Crippen LogP contribution in [0.25, 0.3) is 28.7 Å². The van der Waals surface area contributed by atoms with Crippen LogP contribution in [0.1, 0.15) is 11.4 Å². The minimum atomic E-state index is -0.163. The second kappa shape index (κ2) is 7.39. The topological polar surface area (TPSA) is 34.9 Å². The lowest BCUT2D eigenvalue weighted by Crippen LogP contribution is -2.22. The van der Waals surface area contributed by atoms with E-state index in [9.17, 15) is 4.79 Å². The third kappa shape index (κ3) is 3.52. The van der Waals surface area contributed by atoms with Crippen LogP contribution in [0, 0.1) is 0 Å². The fourth-order valence-electron chi connectivity index (χ4n) is 2.87. The van der Waals surface area contributed by atoms with Crippen LogP contribution in [0.15, 0.2) is 77.6 Å². The highest BCUT2D eigenvalue weighted by Gasteiger charge is 2.13. The molecule has 5 heteroatoms. The van der Waals surface area contributed by atoms with Crippen LogP contribution in [0.4, 0.5) is 0 Å². The van der Waals surface area contributed by atoms with Crippen LogP contribution in [-0.4, -0.2) is 9.55 Å². The van der Waals surface area contributed by atoms with Crippen molar-refractivity contribution in [3.8, 4) is 5.69 Å². The van der Waals surface area contributed by atoms with E-state index in [1.54, 1.807) is 24.3 Å². The molecule has 0 N–H and O–H groups in total. The van der Waals surface area contributed by atoms with E-state index in [1.165, 1.54) is 4.57 Å². The van der Waals surface area contributed by atoms with Crippen LogP contribution in [0.3, 0.4) is 0 Å². The maximum absolute atomic E-state index is 13.2. The number of para-hydroxylation sites is 2. The summed E-state index contributed by atoms with van der Waals surface area (Å²) in [6.45, 7) is 0. The molecule has 0 spiro atoms. The summed E-state index contributed by atoms with van der Waals surface area (Å²) in [6.07, 6.45) is 3.70. The third-order valence-corrected chi connectivity index (χ3v) is 4.76. The molecule has 4 rings (SSSR count). The first-order chi connectivity index (χ1) is 13.1. The van der Waals surface area contributed by atoms with E-state index in [-0.39, 0.29) is 5.56 Å². The summed E-state index contributed by atoms with van der Waals surface area (Å²) >= 11 is 12.3. The van der Waals surface area contributed by atoms with Gasteiger partial charge in [0, 0.05) is 5.02 Å². The SMILES string of the molecule is O=c1c2ccccc2nc(/C=C/c2ccc(Cl)cc2)n1-c1ccccc1Cl. The largest absolute Gasteiger partial charge is 0.268 e. The maximum Gasteiger partial charge on any atom is 0.266 e. The number of hydrogen-bond donors (Lipinski definition) is 0. The second-order valence-corrected chi connectivity index (χ2v) is 6.81. The Morgan fingerprint density at radius 1 is 0.815 bits per heavy atom. The normalized spacial score (nSPS) is 11.3. The first-order valence-electron chi connectivity index (χ1n) is 8.34. The van der Waals surface area contributed by atoms with Crippen molar-refractivity contribution >= 4 is 46.3 Å². The molecule has 4 aromatic rings. The second-order valence-electron chi connectivity index (χ2n) is 5.96. The van der Waals surface area contributed by atoms with E-state index in [2.05, 4.69) is 4.98 Å². The molecule has 0 bridgehead atoms. The molecular weight excluding hydrogens is 379 g/mol. The van der Waals surface area contributed by atoms with Gasteiger partial charge in [0.25, 0.3) is 5.56 Å². The van der Waals surface area contributed by atoms with Crippen molar-refractivity contribution in [2.45, 2.75) is 0 Å². The molecule has 0 aliphatic heterocycles. The minimum Gasteiger partial charge on any atom is -0.268 e. The van der Waals surface area contributed by atoms with Crippen LogP contribution in [-0.2, 0) is 0 Å². The van der Waals surface area contributed by atoms with Crippen molar-refractivity contribution in [2.24, 2.45) is 0 Å². The quantitative estimate of drug-likeness (QED) is 0.437. The molecule has 1 aromatic heterocycles. The van der Waals surface area contributed by atoms with Crippen LogP contribution in [0.5, 0.6) is 0 Å². The standard InChI is InChI=1S/C22H14Cl2N2O/c23-16-12-9-15(10-13-16)11-14-21-25-19-7-3-1-5-17(19)22(27)26(21)20-8-4-2-6-18(20)24/h1-14H/b14-11+. The van der Waals surface area contributed by atoms with Crippen LogP contribution < -0.4 is 5.56 Å². The molecule has 0 fully saturated rings. The number of hydrogen-bond acceptors (Lipinski definition) is 2. The van der Waals surface area contributed by atoms with Gasteiger partial charge in [0.15, 0.2) is 0 Å². The fourth-order valence-corrected chi connectivity index (χ4v) is 3.22. The highest BCUT2D eigenvalue weighted by atomic mass is 35.5. The third-order valence-electron chi connectivity index (χ3n) is 4.19. The zero-order valence-electron chi connectivity index (χ0n) is 14.1. The number of nitrogens with zero attached hydrogens (tertiary/aromatic N) is 2. The molecule has 0 saturated carbocycles. The summed E-state index contributed by atoms with van der Waals surface area (Å²) in [7, 11) is 0. The molecule has 3 aromatic carbocycles. The summed E-state index contributed by atoms with van der Waals surface area (Å²) in [5, 5.41) is 1.70. The van der Waals surface area contributed by atoms with Gasteiger partial charge in [-0.2, -0.15) is 0 Å². The monoisotopic (exact) mass is 392 g/mol. The van der Waals surface area contributed by atoms with E-state index < -0.39 is 0 Å². The lowest BCUT2D eigenvalue weighted by Gasteiger charge is -2.12. The molecule has 0 aliphatic rings. The molecule has 0 unspecified atom stereocenters. The molecule has 27 heavy (non-hydrogen) atoms. The Labute approximate surface area is 166 Å². The van der Waals surface area contributed by atoms with Gasteiger partial charge in [0.05, 0.1) is 21.6 Å². The first-order valence-corrected chi connectivity index (χ1v) is 9.09. The van der Waals surface area contributed by atoms with Gasteiger partial charge in [-0.25, -0.2) is 4.98 Å². The van der Waals surface area contributed by atoms with Gasteiger partial charge in [0.2, 0.25) is 0 Å². The molecule has 0 atom stereocenters. The van der Waals surface area contributed by atoms with Gasteiger partial charge in [-0.3, -0.25) is 9.36 Å². The van der Waals surface area contributed by atoms with Crippen LogP contribution in [0.2, 0.25) is 10.0 Å². The summed E-state index contributed by atoms with van der Waals surface area (Å²) in [6, 6.07) is 21.9. The zero-order chi connectivity index (χ0) is 18.8. The van der Waals surface area contributed by atoms with E-state index in [4.69, 9.17) is 23.2 Å². The summed E-state index contributed by atoms with van der Waals surface area (Å²) in [5.41, 5.74) is 2.02.